The summed E-state index contributed by atoms with van der Waals surface area (Å²) in [6, 6.07) is 3.76. The van der Waals surface area contributed by atoms with Gasteiger partial charge in [0.05, 0.1) is 12.5 Å². The van der Waals surface area contributed by atoms with Gasteiger partial charge in [-0.15, -0.1) is 0 Å². The number of benzene rings is 1. The maximum Gasteiger partial charge on any atom is 0.387 e. The Balaban J connectivity index is 2.05. The molecule has 0 heterocycles. The zero-order valence-corrected chi connectivity index (χ0v) is 11.8. The van der Waals surface area contributed by atoms with Gasteiger partial charge in [0.1, 0.15) is 0 Å². The highest BCUT2D eigenvalue weighted by Gasteiger charge is 2.50. The number of nitrogens with one attached hydrogen (secondary N) is 1. The molecule has 0 spiro atoms. The predicted octanol–water partition coefficient (Wildman–Crippen LogP) is 1.89. The zero-order chi connectivity index (χ0) is 16.3. The molecule has 0 radical (unpaired) electrons. The molecule has 0 aliphatic heterocycles. The first-order valence-electron chi connectivity index (χ1n) is 6.52. The quantitative estimate of drug-likeness (QED) is 0.802. The summed E-state index contributed by atoms with van der Waals surface area (Å²) in [6.07, 6.45) is 1.04. The van der Waals surface area contributed by atoms with E-state index in [9.17, 15) is 18.4 Å². The molecule has 1 aromatic carbocycles. The van der Waals surface area contributed by atoms with Crippen LogP contribution < -0.4 is 14.8 Å². The van der Waals surface area contributed by atoms with E-state index in [0.29, 0.717) is 12.8 Å². The van der Waals surface area contributed by atoms with Crippen molar-refractivity contribution in [2.45, 2.75) is 19.5 Å². The number of ether oxygens (including phenoxy) is 2. The summed E-state index contributed by atoms with van der Waals surface area (Å²) in [5, 5.41) is 11.6. The first kappa shape index (κ1) is 16.0. The summed E-state index contributed by atoms with van der Waals surface area (Å²) in [7, 11) is 1.26. The fourth-order valence-electron chi connectivity index (χ4n) is 1.97. The number of carbonyl (C=O) groups is 2. The number of alkyl halides is 2. The average Bonchev–Trinajstić information content (AvgIpc) is 3.26. The van der Waals surface area contributed by atoms with Gasteiger partial charge < -0.3 is 19.9 Å². The molecule has 1 aliphatic rings. The number of hydrogen-bond acceptors (Lipinski definition) is 4. The van der Waals surface area contributed by atoms with E-state index >= 15 is 0 Å². The van der Waals surface area contributed by atoms with Crippen LogP contribution in [0.4, 0.5) is 8.78 Å². The van der Waals surface area contributed by atoms with E-state index in [1.807, 2.05) is 0 Å². The van der Waals surface area contributed by atoms with Crippen LogP contribution in [0, 0.1) is 5.41 Å². The predicted molar refractivity (Wildman–Crippen MR) is 71.3 cm³/mol. The summed E-state index contributed by atoms with van der Waals surface area (Å²) in [4.78, 5) is 23.0. The Labute approximate surface area is 125 Å². The molecular weight excluding hydrogens is 300 g/mol. The molecule has 1 fully saturated rings. The van der Waals surface area contributed by atoms with Gasteiger partial charge in [-0.1, -0.05) is 0 Å². The minimum atomic E-state index is -3.00. The normalized spacial score (nSPS) is 15.3. The molecule has 2 rings (SSSR count). The maximum atomic E-state index is 12.2. The SMILES string of the molecule is COc1cc(C(=O)NCC2(C(=O)O)CC2)ccc1OC(F)F. The molecule has 6 nitrogen and oxygen atoms in total. The number of carboxylic acid groups (broad SMARTS) is 1. The first-order valence-corrected chi connectivity index (χ1v) is 6.52. The van der Waals surface area contributed by atoms with Crippen molar-refractivity contribution in [2.24, 2.45) is 5.41 Å². The molecule has 120 valence electrons. The monoisotopic (exact) mass is 315 g/mol. The van der Waals surface area contributed by atoms with Gasteiger partial charge in [-0.05, 0) is 31.0 Å². The Kier molecular flexibility index (Phi) is 4.48. The van der Waals surface area contributed by atoms with E-state index in [1.54, 1.807) is 0 Å². The number of aliphatic carboxylic acids is 1. The lowest BCUT2D eigenvalue weighted by Gasteiger charge is -2.13. The number of methoxy groups -OCH3 is 1. The summed E-state index contributed by atoms with van der Waals surface area (Å²) < 4.78 is 33.6. The standard InChI is InChI=1S/C14H15F2NO5/c1-21-10-6-8(2-3-9(10)22-13(15)16)11(18)17-7-14(4-5-14)12(19)20/h2-3,6,13H,4-5,7H2,1H3,(H,17,18)(H,19,20). The third-order valence-electron chi connectivity index (χ3n) is 3.54. The highest BCUT2D eigenvalue weighted by molar-refractivity contribution is 5.95. The number of carboxylic acids is 1. The third kappa shape index (κ3) is 3.44. The Morgan fingerprint density at radius 2 is 2.05 bits per heavy atom. The topological polar surface area (TPSA) is 84.9 Å². The lowest BCUT2D eigenvalue weighted by Crippen LogP contribution is -2.34. The van der Waals surface area contributed by atoms with E-state index in [1.165, 1.54) is 25.3 Å². The van der Waals surface area contributed by atoms with Gasteiger partial charge >= 0.3 is 12.6 Å². The maximum absolute atomic E-state index is 12.2. The van der Waals surface area contributed by atoms with Crippen LogP contribution in [0.15, 0.2) is 18.2 Å². The van der Waals surface area contributed by atoms with Crippen LogP contribution in [0.5, 0.6) is 11.5 Å². The molecule has 1 amide bonds. The van der Waals surface area contributed by atoms with Crippen molar-refractivity contribution in [3.05, 3.63) is 23.8 Å². The van der Waals surface area contributed by atoms with Crippen molar-refractivity contribution in [3.8, 4) is 11.5 Å². The average molecular weight is 315 g/mol. The summed E-state index contributed by atoms with van der Waals surface area (Å²) in [6.45, 7) is -2.97. The van der Waals surface area contributed by atoms with Crippen LogP contribution in [0.25, 0.3) is 0 Å². The lowest BCUT2D eigenvalue weighted by molar-refractivity contribution is -0.143. The Hall–Kier alpha value is -2.38. The summed E-state index contributed by atoms with van der Waals surface area (Å²) >= 11 is 0. The van der Waals surface area contributed by atoms with Gasteiger partial charge in [0.15, 0.2) is 11.5 Å². The number of carbonyl (C=O) groups excluding carboxylic acids is 1. The van der Waals surface area contributed by atoms with Crippen LogP contribution in [-0.2, 0) is 4.79 Å². The number of amides is 1. The van der Waals surface area contributed by atoms with Crippen LogP contribution in [-0.4, -0.2) is 37.2 Å². The largest absolute Gasteiger partial charge is 0.493 e. The molecule has 1 aliphatic carbocycles. The van der Waals surface area contributed by atoms with Crippen molar-refractivity contribution in [3.63, 3.8) is 0 Å². The van der Waals surface area contributed by atoms with Crippen molar-refractivity contribution in [1.29, 1.82) is 0 Å². The van der Waals surface area contributed by atoms with Gasteiger partial charge in [0, 0.05) is 12.1 Å². The molecule has 2 N–H and O–H groups in total. The Morgan fingerprint density at radius 1 is 1.36 bits per heavy atom. The van der Waals surface area contributed by atoms with Gasteiger partial charge in [-0.3, -0.25) is 9.59 Å². The van der Waals surface area contributed by atoms with E-state index in [4.69, 9.17) is 9.84 Å². The van der Waals surface area contributed by atoms with Crippen LogP contribution in [0.2, 0.25) is 0 Å². The van der Waals surface area contributed by atoms with E-state index in [0.717, 1.165) is 0 Å². The van der Waals surface area contributed by atoms with E-state index < -0.39 is 23.9 Å². The molecular formula is C14H15F2NO5. The molecule has 0 atom stereocenters. The number of halogens is 2. The molecule has 0 unspecified atom stereocenters. The summed E-state index contributed by atoms with van der Waals surface area (Å²) in [5.41, 5.74) is -0.710. The van der Waals surface area contributed by atoms with E-state index in [-0.39, 0.29) is 23.6 Å². The van der Waals surface area contributed by atoms with Gasteiger partial charge in [0.25, 0.3) is 5.91 Å². The molecule has 1 saturated carbocycles. The highest BCUT2D eigenvalue weighted by atomic mass is 19.3. The van der Waals surface area contributed by atoms with Crippen molar-refractivity contribution in [2.75, 3.05) is 13.7 Å². The van der Waals surface area contributed by atoms with Gasteiger partial charge in [-0.25, -0.2) is 0 Å². The number of hydrogen-bond donors (Lipinski definition) is 2. The Bertz CT molecular complexity index is 587. The molecule has 22 heavy (non-hydrogen) atoms. The second-order valence-corrected chi connectivity index (χ2v) is 5.01. The van der Waals surface area contributed by atoms with Crippen molar-refractivity contribution < 1.29 is 33.0 Å². The van der Waals surface area contributed by atoms with Crippen LogP contribution >= 0.6 is 0 Å². The van der Waals surface area contributed by atoms with Gasteiger partial charge in [0.2, 0.25) is 0 Å². The lowest BCUT2D eigenvalue weighted by atomic mass is 10.1. The van der Waals surface area contributed by atoms with Crippen molar-refractivity contribution in [1.82, 2.24) is 5.32 Å². The molecule has 0 saturated heterocycles. The molecule has 1 aromatic rings. The number of rotatable bonds is 7. The summed E-state index contributed by atoms with van der Waals surface area (Å²) in [5.74, 6) is -1.63. The third-order valence-corrected chi connectivity index (χ3v) is 3.54. The zero-order valence-electron chi connectivity index (χ0n) is 11.8. The fraction of sp³-hybridized carbons (Fsp3) is 0.429. The Morgan fingerprint density at radius 3 is 2.55 bits per heavy atom. The smallest absolute Gasteiger partial charge is 0.387 e. The minimum Gasteiger partial charge on any atom is -0.493 e. The van der Waals surface area contributed by atoms with Crippen LogP contribution in [0.3, 0.4) is 0 Å². The molecule has 0 bridgehead atoms. The van der Waals surface area contributed by atoms with Gasteiger partial charge in [-0.2, -0.15) is 8.78 Å². The van der Waals surface area contributed by atoms with Crippen LogP contribution in [0.1, 0.15) is 23.2 Å². The van der Waals surface area contributed by atoms with E-state index in [2.05, 4.69) is 10.1 Å². The fourth-order valence-corrected chi connectivity index (χ4v) is 1.97. The molecule has 8 heteroatoms. The molecule has 0 aromatic heterocycles. The highest BCUT2D eigenvalue weighted by Crippen LogP contribution is 2.45. The minimum absolute atomic E-state index is 0.00711. The van der Waals surface area contributed by atoms with Crippen molar-refractivity contribution >= 4 is 11.9 Å². The second-order valence-electron chi connectivity index (χ2n) is 5.01. The second kappa shape index (κ2) is 6.17. The first-order chi connectivity index (χ1) is 10.4.